The van der Waals surface area contributed by atoms with Gasteiger partial charge in [-0.15, -0.1) is 5.10 Å². The molecule has 0 unspecified atom stereocenters. The Kier molecular flexibility index (Phi) is 5.02. The minimum absolute atomic E-state index is 0.0414. The van der Waals surface area contributed by atoms with Gasteiger partial charge in [-0.2, -0.15) is 18.3 Å². The van der Waals surface area contributed by atoms with Gasteiger partial charge in [0.05, 0.1) is 31.0 Å². The van der Waals surface area contributed by atoms with Gasteiger partial charge in [0.1, 0.15) is 5.82 Å². The maximum absolute atomic E-state index is 13.0. The molecule has 2 aromatic heterocycles. The number of fused-ring (bicyclic) bond motifs is 3. The van der Waals surface area contributed by atoms with E-state index in [9.17, 15) is 18.0 Å². The van der Waals surface area contributed by atoms with Gasteiger partial charge in [-0.25, -0.2) is 4.98 Å². The summed E-state index contributed by atoms with van der Waals surface area (Å²) < 4.78 is 43.4. The van der Waals surface area contributed by atoms with Crippen LogP contribution in [0.2, 0.25) is 0 Å². The van der Waals surface area contributed by atoms with E-state index in [1.165, 1.54) is 11.0 Å². The molecule has 0 fully saturated rings. The minimum Gasteiger partial charge on any atom is -0.383 e. The number of rotatable bonds is 4. The summed E-state index contributed by atoms with van der Waals surface area (Å²) in [6, 6.07) is 7.21. The van der Waals surface area contributed by atoms with Crippen LogP contribution in [0.5, 0.6) is 0 Å². The van der Waals surface area contributed by atoms with E-state index in [2.05, 4.69) is 15.2 Å². The van der Waals surface area contributed by atoms with Gasteiger partial charge < -0.3 is 15.4 Å². The fourth-order valence-corrected chi connectivity index (χ4v) is 3.40. The Morgan fingerprint density at radius 2 is 1.93 bits per heavy atom. The maximum Gasteiger partial charge on any atom is 0.435 e. The molecular weight excluding hydrogens is 399 g/mol. The highest BCUT2D eigenvalue weighted by atomic mass is 19.4. The second kappa shape index (κ2) is 7.52. The molecule has 1 aromatic carbocycles. The van der Waals surface area contributed by atoms with Crippen molar-refractivity contribution in [3.63, 3.8) is 0 Å². The van der Waals surface area contributed by atoms with E-state index in [0.717, 1.165) is 22.6 Å². The first-order valence-corrected chi connectivity index (χ1v) is 9.25. The molecule has 0 saturated carbocycles. The van der Waals surface area contributed by atoms with Crippen molar-refractivity contribution in [3.05, 3.63) is 58.4 Å². The Hall–Kier alpha value is -3.27. The van der Waals surface area contributed by atoms with Gasteiger partial charge in [-0.1, -0.05) is 0 Å². The Labute approximate surface area is 169 Å². The zero-order chi connectivity index (χ0) is 21.5. The first kappa shape index (κ1) is 20.0. The summed E-state index contributed by atoms with van der Waals surface area (Å²) in [5.74, 6) is 0.149. The molecule has 10 heteroatoms. The van der Waals surface area contributed by atoms with Crippen LogP contribution in [0.4, 0.5) is 19.0 Å². The molecule has 30 heavy (non-hydrogen) atoms. The number of carbonyl (C=O) groups excluding carboxylic acids is 1. The lowest BCUT2D eigenvalue weighted by atomic mass is 10.0. The van der Waals surface area contributed by atoms with Gasteiger partial charge in [0, 0.05) is 23.1 Å². The molecule has 156 valence electrons. The van der Waals surface area contributed by atoms with Crippen molar-refractivity contribution in [2.45, 2.75) is 32.9 Å². The quantitative estimate of drug-likeness (QED) is 0.700. The highest BCUT2D eigenvalue weighted by molar-refractivity contribution is 5.99. The third-order valence-electron chi connectivity index (χ3n) is 5.01. The molecule has 3 aromatic rings. The summed E-state index contributed by atoms with van der Waals surface area (Å²) in [6.45, 7) is 2.95. The third kappa shape index (κ3) is 3.65. The molecular formula is C20H18F3N5O2. The molecule has 0 atom stereocenters. The van der Waals surface area contributed by atoms with Crippen LogP contribution in [0, 0.1) is 0 Å². The number of benzene rings is 1. The lowest BCUT2D eigenvalue weighted by molar-refractivity contribution is -0.141. The van der Waals surface area contributed by atoms with E-state index in [0.29, 0.717) is 36.7 Å². The van der Waals surface area contributed by atoms with Gasteiger partial charge in [-0.3, -0.25) is 4.79 Å². The number of carbonyl (C=O) groups is 1. The van der Waals surface area contributed by atoms with E-state index >= 15 is 0 Å². The van der Waals surface area contributed by atoms with Crippen molar-refractivity contribution < 1.29 is 22.7 Å². The van der Waals surface area contributed by atoms with E-state index in [4.69, 9.17) is 10.5 Å². The fourth-order valence-electron chi connectivity index (χ4n) is 3.40. The van der Waals surface area contributed by atoms with Gasteiger partial charge in [0.2, 0.25) is 0 Å². The smallest absolute Gasteiger partial charge is 0.383 e. The van der Waals surface area contributed by atoms with Crippen LogP contribution < -0.4 is 5.73 Å². The molecule has 0 bridgehead atoms. The predicted molar refractivity (Wildman–Crippen MR) is 102 cm³/mol. The Balaban J connectivity index is 1.61. The number of nitrogen functional groups attached to an aromatic ring is 1. The van der Waals surface area contributed by atoms with Crippen molar-refractivity contribution >= 4 is 22.6 Å². The van der Waals surface area contributed by atoms with Crippen LogP contribution in [0.25, 0.3) is 10.9 Å². The SMILES string of the molecule is CCN(Cc1ccc(C(F)(F)F)nn1)C(=O)c1ccc2nc(N)c3c(c2c1)COC3. The molecule has 0 radical (unpaired) electrons. The number of hydrogen-bond acceptors (Lipinski definition) is 6. The molecule has 4 rings (SSSR count). The third-order valence-corrected chi connectivity index (χ3v) is 5.01. The second-order valence-corrected chi connectivity index (χ2v) is 6.91. The van der Waals surface area contributed by atoms with Gasteiger partial charge in [0.25, 0.3) is 5.91 Å². The van der Waals surface area contributed by atoms with E-state index in [-0.39, 0.29) is 18.1 Å². The lowest BCUT2D eigenvalue weighted by Crippen LogP contribution is -2.31. The van der Waals surface area contributed by atoms with Gasteiger partial charge in [-0.05, 0) is 42.8 Å². The van der Waals surface area contributed by atoms with Crippen LogP contribution >= 0.6 is 0 Å². The summed E-state index contributed by atoms with van der Waals surface area (Å²) >= 11 is 0. The average molecular weight is 417 g/mol. The molecule has 0 saturated heterocycles. The molecule has 1 aliphatic heterocycles. The lowest BCUT2D eigenvalue weighted by Gasteiger charge is -2.21. The van der Waals surface area contributed by atoms with Crippen molar-refractivity contribution in [2.75, 3.05) is 12.3 Å². The number of anilines is 1. The molecule has 2 N–H and O–H groups in total. The van der Waals surface area contributed by atoms with Crippen LogP contribution in [0.3, 0.4) is 0 Å². The largest absolute Gasteiger partial charge is 0.435 e. The summed E-state index contributed by atoms with van der Waals surface area (Å²) in [6.07, 6.45) is -4.56. The number of nitrogens with two attached hydrogens (primary N) is 1. The Morgan fingerprint density at radius 3 is 2.60 bits per heavy atom. The Morgan fingerprint density at radius 1 is 1.17 bits per heavy atom. The van der Waals surface area contributed by atoms with Gasteiger partial charge in [0.15, 0.2) is 5.69 Å². The van der Waals surface area contributed by atoms with Crippen molar-refractivity contribution in [2.24, 2.45) is 0 Å². The zero-order valence-corrected chi connectivity index (χ0v) is 16.0. The molecule has 0 aliphatic carbocycles. The number of aromatic nitrogens is 3. The maximum atomic E-state index is 13.0. The monoisotopic (exact) mass is 417 g/mol. The first-order chi connectivity index (χ1) is 14.3. The van der Waals surface area contributed by atoms with Crippen LogP contribution in [-0.2, 0) is 30.7 Å². The normalized spacial score (nSPS) is 13.5. The highest BCUT2D eigenvalue weighted by Gasteiger charge is 2.33. The zero-order valence-electron chi connectivity index (χ0n) is 16.0. The van der Waals surface area contributed by atoms with E-state index < -0.39 is 11.9 Å². The molecule has 7 nitrogen and oxygen atoms in total. The van der Waals surface area contributed by atoms with Crippen molar-refractivity contribution in [3.8, 4) is 0 Å². The van der Waals surface area contributed by atoms with Crippen molar-refractivity contribution in [1.82, 2.24) is 20.1 Å². The molecule has 1 aliphatic rings. The second-order valence-electron chi connectivity index (χ2n) is 6.91. The standard InChI is InChI=1S/C20H18F3N5O2/c1-2-28(8-12-4-6-17(27-26-12)20(21,22)23)19(29)11-3-5-16-13(7-11)14-9-30-10-15(14)18(24)25-16/h3-7H,2,8-10H2,1H3,(H2,24,25). The molecule has 0 spiro atoms. The van der Waals surface area contributed by atoms with Gasteiger partial charge >= 0.3 is 6.18 Å². The fraction of sp³-hybridized carbons (Fsp3) is 0.300. The van der Waals surface area contributed by atoms with Crippen molar-refractivity contribution in [1.29, 1.82) is 0 Å². The Bertz CT molecular complexity index is 1120. The molecule has 1 amide bonds. The molecule has 3 heterocycles. The number of alkyl halides is 3. The summed E-state index contributed by atoms with van der Waals surface area (Å²) in [5.41, 5.74) is 8.03. The number of pyridine rings is 1. The summed E-state index contributed by atoms with van der Waals surface area (Å²) in [4.78, 5) is 18.9. The summed E-state index contributed by atoms with van der Waals surface area (Å²) in [7, 11) is 0. The number of hydrogen-bond donors (Lipinski definition) is 1. The van der Waals surface area contributed by atoms with Crippen LogP contribution in [0.1, 0.15) is 39.8 Å². The summed E-state index contributed by atoms with van der Waals surface area (Å²) in [5, 5.41) is 7.62. The highest BCUT2D eigenvalue weighted by Crippen LogP contribution is 2.32. The predicted octanol–water partition coefficient (Wildman–Crippen LogP) is 3.32. The minimum atomic E-state index is -4.56. The van der Waals surface area contributed by atoms with E-state index in [1.54, 1.807) is 25.1 Å². The van der Waals surface area contributed by atoms with E-state index in [1.807, 2.05) is 0 Å². The number of amides is 1. The average Bonchev–Trinajstić information content (AvgIpc) is 3.22. The topological polar surface area (TPSA) is 94.2 Å². The van der Waals surface area contributed by atoms with Crippen LogP contribution in [0.15, 0.2) is 30.3 Å². The number of ether oxygens (including phenoxy) is 1. The number of halogens is 3. The first-order valence-electron chi connectivity index (χ1n) is 9.25. The van der Waals surface area contributed by atoms with Crippen LogP contribution in [-0.4, -0.2) is 32.5 Å². The number of nitrogens with zero attached hydrogens (tertiary/aromatic N) is 4.